The Kier molecular flexibility index (Phi) is 2.52. The van der Waals surface area contributed by atoms with E-state index < -0.39 is 0 Å². The van der Waals surface area contributed by atoms with Gasteiger partial charge in [-0.1, -0.05) is 18.2 Å². The van der Waals surface area contributed by atoms with Crippen molar-refractivity contribution in [3.8, 4) is 0 Å². The molecule has 3 rings (SSSR count). The van der Waals surface area contributed by atoms with Crippen LogP contribution in [0, 0.1) is 0 Å². The summed E-state index contributed by atoms with van der Waals surface area (Å²) in [4.78, 5) is 26.7. The number of rotatable bonds is 1. The molecule has 0 amide bonds. The third-order valence-electron chi connectivity index (χ3n) is 2.91. The van der Waals surface area contributed by atoms with Crippen molar-refractivity contribution < 1.29 is 9.59 Å². The molecule has 4 heteroatoms. The van der Waals surface area contributed by atoms with E-state index in [0.717, 1.165) is 16.5 Å². The number of aromatic amines is 1. The van der Waals surface area contributed by atoms with Crippen molar-refractivity contribution in [3.63, 3.8) is 0 Å². The van der Waals surface area contributed by atoms with E-state index in [0.29, 0.717) is 10.1 Å². The minimum absolute atomic E-state index is 0.161. The van der Waals surface area contributed by atoms with E-state index in [1.54, 1.807) is 6.20 Å². The van der Waals surface area contributed by atoms with Crippen LogP contribution in [0.15, 0.2) is 47.1 Å². The van der Waals surface area contributed by atoms with Gasteiger partial charge in [-0.2, -0.15) is 0 Å². The topological polar surface area (TPSA) is 49.9 Å². The van der Waals surface area contributed by atoms with E-state index in [2.05, 4.69) is 20.9 Å². The van der Waals surface area contributed by atoms with Gasteiger partial charge in [0.1, 0.15) is 0 Å². The highest BCUT2D eigenvalue weighted by atomic mass is 79.9. The van der Waals surface area contributed by atoms with E-state index in [4.69, 9.17) is 0 Å². The fourth-order valence-corrected chi connectivity index (χ4v) is 2.36. The third kappa shape index (κ3) is 1.66. The molecule has 3 nitrogen and oxygen atoms in total. The second-order valence-corrected chi connectivity index (χ2v) is 4.88. The Labute approximate surface area is 111 Å². The number of carbonyl (C=O) groups excluding carboxylic acids is 2. The predicted molar refractivity (Wildman–Crippen MR) is 73.3 cm³/mol. The molecule has 2 aromatic rings. The molecular formula is C14H8BrNO2. The van der Waals surface area contributed by atoms with Crippen LogP contribution >= 0.6 is 15.9 Å². The molecule has 1 N–H and O–H groups in total. The van der Waals surface area contributed by atoms with E-state index in [9.17, 15) is 9.59 Å². The summed E-state index contributed by atoms with van der Waals surface area (Å²) in [5.41, 5.74) is 2.14. The Hall–Kier alpha value is -1.94. The van der Waals surface area contributed by atoms with E-state index in [1.165, 1.54) is 12.2 Å². The van der Waals surface area contributed by atoms with Crippen LogP contribution in [0.5, 0.6) is 0 Å². The van der Waals surface area contributed by atoms with Gasteiger partial charge >= 0.3 is 0 Å². The standard InChI is InChI=1S/C14H8BrNO2/c15-11-6-13(17)9(5-14(11)18)10-7-16-12-4-2-1-3-8(10)12/h1-7,16H. The maximum atomic E-state index is 12.0. The molecule has 1 aliphatic rings. The summed E-state index contributed by atoms with van der Waals surface area (Å²) in [7, 11) is 0. The van der Waals surface area contributed by atoms with Gasteiger partial charge in [-0.15, -0.1) is 0 Å². The molecule has 0 unspecified atom stereocenters. The lowest BCUT2D eigenvalue weighted by Crippen LogP contribution is -2.09. The summed E-state index contributed by atoms with van der Waals surface area (Å²) in [6, 6.07) is 7.68. The molecule has 1 aromatic heterocycles. The van der Waals surface area contributed by atoms with Crippen molar-refractivity contribution in [1.29, 1.82) is 0 Å². The fourth-order valence-electron chi connectivity index (χ4n) is 2.04. The summed E-state index contributed by atoms with van der Waals surface area (Å²) >= 11 is 3.07. The second-order valence-electron chi connectivity index (χ2n) is 4.03. The minimum Gasteiger partial charge on any atom is -0.361 e. The first-order chi connectivity index (χ1) is 8.66. The average Bonchev–Trinajstić information content (AvgIpc) is 2.78. The number of nitrogens with one attached hydrogen (secondary N) is 1. The Morgan fingerprint density at radius 2 is 1.78 bits per heavy atom. The molecule has 0 radical (unpaired) electrons. The smallest absolute Gasteiger partial charge is 0.193 e. The monoisotopic (exact) mass is 301 g/mol. The molecule has 0 spiro atoms. The van der Waals surface area contributed by atoms with Gasteiger partial charge in [0.05, 0.1) is 4.48 Å². The van der Waals surface area contributed by atoms with Gasteiger partial charge < -0.3 is 4.98 Å². The molecule has 18 heavy (non-hydrogen) atoms. The maximum absolute atomic E-state index is 12.0. The van der Waals surface area contributed by atoms with Crippen LogP contribution < -0.4 is 0 Å². The Balaban J connectivity index is 2.19. The van der Waals surface area contributed by atoms with Crippen LogP contribution in [0.2, 0.25) is 0 Å². The number of ketones is 2. The zero-order valence-electron chi connectivity index (χ0n) is 9.24. The number of aromatic nitrogens is 1. The number of para-hydroxylation sites is 1. The van der Waals surface area contributed by atoms with Crippen LogP contribution in [-0.4, -0.2) is 16.6 Å². The van der Waals surface area contributed by atoms with E-state index in [-0.39, 0.29) is 11.6 Å². The highest BCUT2D eigenvalue weighted by Crippen LogP contribution is 2.29. The van der Waals surface area contributed by atoms with Gasteiger partial charge in [-0.25, -0.2) is 0 Å². The molecule has 1 aliphatic carbocycles. The highest BCUT2D eigenvalue weighted by molar-refractivity contribution is 9.12. The number of benzene rings is 1. The number of halogens is 1. The van der Waals surface area contributed by atoms with Crippen LogP contribution in [0.4, 0.5) is 0 Å². The summed E-state index contributed by atoms with van der Waals surface area (Å²) in [5.74, 6) is -0.346. The van der Waals surface area contributed by atoms with E-state index >= 15 is 0 Å². The quantitative estimate of drug-likeness (QED) is 0.823. The lowest BCUT2D eigenvalue weighted by Gasteiger charge is -2.07. The highest BCUT2D eigenvalue weighted by Gasteiger charge is 2.21. The zero-order chi connectivity index (χ0) is 12.7. The third-order valence-corrected chi connectivity index (χ3v) is 3.53. The molecular weight excluding hydrogens is 294 g/mol. The number of fused-ring (bicyclic) bond motifs is 1. The molecule has 0 saturated carbocycles. The SMILES string of the molecule is O=C1C=C(c2c[nH]c3ccccc23)C(=O)C=C1Br. The first-order valence-corrected chi connectivity index (χ1v) is 6.20. The first kappa shape index (κ1) is 11.2. The van der Waals surface area contributed by atoms with E-state index in [1.807, 2.05) is 24.3 Å². The van der Waals surface area contributed by atoms with Crippen LogP contribution in [0.1, 0.15) is 5.56 Å². The lowest BCUT2D eigenvalue weighted by molar-refractivity contribution is -0.113. The number of allylic oxidation sites excluding steroid dienone is 4. The summed E-state index contributed by atoms with van der Waals surface area (Å²) in [6.45, 7) is 0. The Morgan fingerprint density at radius 3 is 2.61 bits per heavy atom. The van der Waals surface area contributed by atoms with Crippen LogP contribution in [0.25, 0.3) is 16.5 Å². The molecule has 0 saturated heterocycles. The maximum Gasteiger partial charge on any atom is 0.193 e. The molecule has 88 valence electrons. The van der Waals surface area contributed by atoms with Gasteiger partial charge in [0.25, 0.3) is 0 Å². The lowest BCUT2D eigenvalue weighted by atomic mass is 9.96. The van der Waals surface area contributed by atoms with Gasteiger partial charge in [0.15, 0.2) is 11.6 Å². The number of carbonyl (C=O) groups is 2. The molecule has 0 aliphatic heterocycles. The number of hydrogen-bond donors (Lipinski definition) is 1. The summed E-state index contributed by atoms with van der Waals surface area (Å²) in [6.07, 6.45) is 4.45. The van der Waals surface area contributed by atoms with Crippen molar-refractivity contribution in [1.82, 2.24) is 4.98 Å². The number of hydrogen-bond acceptors (Lipinski definition) is 2. The normalized spacial score (nSPS) is 15.8. The van der Waals surface area contributed by atoms with Crippen molar-refractivity contribution in [2.24, 2.45) is 0 Å². The Morgan fingerprint density at radius 1 is 1.00 bits per heavy atom. The zero-order valence-corrected chi connectivity index (χ0v) is 10.8. The second kappa shape index (κ2) is 4.07. The fraction of sp³-hybridized carbons (Fsp3) is 0. The summed E-state index contributed by atoms with van der Waals surface area (Å²) < 4.78 is 0.302. The van der Waals surface area contributed by atoms with Crippen LogP contribution in [-0.2, 0) is 9.59 Å². The largest absolute Gasteiger partial charge is 0.361 e. The molecule has 0 atom stereocenters. The predicted octanol–water partition coefficient (Wildman–Crippen LogP) is 2.98. The Bertz CT molecular complexity index is 737. The first-order valence-electron chi connectivity index (χ1n) is 5.41. The van der Waals surface area contributed by atoms with Gasteiger partial charge in [-0.05, 0) is 28.1 Å². The molecule has 0 fully saturated rings. The minimum atomic E-state index is -0.185. The van der Waals surface area contributed by atoms with Crippen molar-refractivity contribution in [3.05, 3.63) is 52.7 Å². The van der Waals surface area contributed by atoms with Crippen molar-refractivity contribution >= 4 is 44.0 Å². The van der Waals surface area contributed by atoms with Crippen LogP contribution in [0.3, 0.4) is 0 Å². The number of H-pyrrole nitrogens is 1. The van der Waals surface area contributed by atoms with Crippen molar-refractivity contribution in [2.45, 2.75) is 0 Å². The molecule has 0 bridgehead atoms. The van der Waals surface area contributed by atoms with Gasteiger partial charge in [-0.3, -0.25) is 9.59 Å². The molecule has 1 heterocycles. The van der Waals surface area contributed by atoms with Gasteiger partial charge in [0, 0.05) is 34.3 Å². The van der Waals surface area contributed by atoms with Crippen molar-refractivity contribution in [2.75, 3.05) is 0 Å². The van der Waals surface area contributed by atoms with Gasteiger partial charge in [0.2, 0.25) is 0 Å². The summed E-state index contributed by atoms with van der Waals surface area (Å²) in [5, 5.41) is 0.941. The average molecular weight is 302 g/mol. The molecule has 1 aromatic carbocycles.